The maximum Gasteiger partial charge on any atom is 0.418 e. The van der Waals surface area contributed by atoms with Crippen molar-refractivity contribution in [1.82, 2.24) is 0 Å². The highest BCUT2D eigenvalue weighted by atomic mass is 35.5. The maximum atomic E-state index is 12.2. The van der Waals surface area contributed by atoms with E-state index >= 15 is 0 Å². The first-order chi connectivity index (χ1) is 7.27. The topological polar surface area (TPSA) is 29.5 Å². The zero-order valence-electron chi connectivity index (χ0n) is 7.98. The van der Waals surface area contributed by atoms with Crippen LogP contribution in [0.15, 0.2) is 12.1 Å². The second kappa shape index (κ2) is 4.69. The first kappa shape index (κ1) is 13.4. The molecule has 0 bridgehead atoms. The van der Waals surface area contributed by atoms with Crippen LogP contribution in [0.1, 0.15) is 11.7 Å². The summed E-state index contributed by atoms with van der Waals surface area (Å²) in [6.45, 7) is 0. The number of alkyl halides is 3. The molecule has 0 amide bonds. The number of aliphatic hydroxyl groups is 1. The van der Waals surface area contributed by atoms with Gasteiger partial charge in [-0.25, -0.2) is 0 Å². The van der Waals surface area contributed by atoms with Crippen LogP contribution < -0.4 is 4.74 Å². The van der Waals surface area contributed by atoms with Crippen LogP contribution >= 0.6 is 23.2 Å². The Bertz CT molecular complexity index is 393. The van der Waals surface area contributed by atoms with E-state index in [-0.39, 0.29) is 15.8 Å². The summed E-state index contributed by atoms with van der Waals surface area (Å²) in [7, 11) is 1.30. The quantitative estimate of drug-likeness (QED) is 0.893. The molecule has 1 atom stereocenters. The molecule has 1 aromatic carbocycles. The summed E-state index contributed by atoms with van der Waals surface area (Å²) in [4.78, 5) is 0. The average molecular weight is 275 g/mol. The van der Waals surface area contributed by atoms with E-state index in [1.54, 1.807) is 0 Å². The lowest BCUT2D eigenvalue weighted by molar-refractivity contribution is -0.206. The van der Waals surface area contributed by atoms with Crippen LogP contribution in [-0.2, 0) is 0 Å². The molecule has 0 aliphatic heterocycles. The molecule has 0 saturated carbocycles. The predicted octanol–water partition coefficient (Wildman–Crippen LogP) is 3.60. The Labute approximate surface area is 99.5 Å². The Balaban J connectivity index is 3.21. The van der Waals surface area contributed by atoms with Crippen molar-refractivity contribution in [3.05, 3.63) is 27.7 Å². The van der Waals surface area contributed by atoms with Gasteiger partial charge in [0.25, 0.3) is 0 Å². The normalized spacial score (nSPS) is 13.7. The van der Waals surface area contributed by atoms with E-state index in [2.05, 4.69) is 0 Å². The Morgan fingerprint density at radius 1 is 1.25 bits per heavy atom. The molecule has 16 heavy (non-hydrogen) atoms. The third kappa shape index (κ3) is 2.72. The first-order valence-electron chi connectivity index (χ1n) is 4.05. The van der Waals surface area contributed by atoms with E-state index in [9.17, 15) is 13.2 Å². The predicted molar refractivity (Wildman–Crippen MR) is 54.0 cm³/mol. The summed E-state index contributed by atoms with van der Waals surface area (Å²) in [5.41, 5.74) is -0.500. The Morgan fingerprint density at radius 2 is 1.81 bits per heavy atom. The lowest BCUT2D eigenvalue weighted by Gasteiger charge is -2.17. The molecule has 2 nitrogen and oxygen atoms in total. The molecule has 0 spiro atoms. The van der Waals surface area contributed by atoms with Crippen molar-refractivity contribution in [3.8, 4) is 5.75 Å². The molecule has 1 rings (SSSR count). The Hall–Kier alpha value is -0.650. The number of hydrogen-bond acceptors (Lipinski definition) is 2. The van der Waals surface area contributed by atoms with E-state index in [4.69, 9.17) is 33.0 Å². The van der Waals surface area contributed by atoms with E-state index in [1.807, 2.05) is 0 Å². The molecular weight excluding hydrogens is 268 g/mol. The fourth-order valence-electron chi connectivity index (χ4n) is 1.09. The number of hydrogen-bond donors (Lipinski definition) is 1. The lowest BCUT2D eigenvalue weighted by Crippen LogP contribution is -2.20. The zero-order chi connectivity index (χ0) is 12.5. The van der Waals surface area contributed by atoms with E-state index in [0.717, 1.165) is 12.1 Å². The van der Waals surface area contributed by atoms with Crippen LogP contribution in [0.3, 0.4) is 0 Å². The monoisotopic (exact) mass is 274 g/mol. The SMILES string of the molecule is COc1cc(Cl)c(C(O)C(F)(F)F)cc1Cl. The van der Waals surface area contributed by atoms with Gasteiger partial charge in [-0.15, -0.1) is 0 Å². The van der Waals surface area contributed by atoms with Crippen molar-refractivity contribution >= 4 is 23.2 Å². The van der Waals surface area contributed by atoms with Gasteiger partial charge in [0.15, 0.2) is 6.10 Å². The Kier molecular flexibility index (Phi) is 3.93. The molecule has 1 N–H and O–H groups in total. The van der Waals surface area contributed by atoms with Gasteiger partial charge in [-0.3, -0.25) is 0 Å². The summed E-state index contributed by atoms with van der Waals surface area (Å²) in [6, 6.07) is 2.05. The molecule has 1 aromatic rings. The molecule has 0 aliphatic carbocycles. The fraction of sp³-hybridized carbons (Fsp3) is 0.333. The van der Waals surface area contributed by atoms with Gasteiger partial charge in [0.05, 0.1) is 17.2 Å². The van der Waals surface area contributed by atoms with Gasteiger partial charge in [0.1, 0.15) is 5.75 Å². The number of ether oxygens (including phenoxy) is 1. The van der Waals surface area contributed by atoms with Crippen LogP contribution in [0.2, 0.25) is 10.0 Å². The molecular formula is C9H7Cl2F3O2. The average Bonchev–Trinajstić information content (AvgIpc) is 2.18. The fourth-order valence-corrected chi connectivity index (χ4v) is 1.59. The van der Waals surface area contributed by atoms with Crippen LogP contribution in [0, 0.1) is 0 Å². The molecule has 0 heterocycles. The molecule has 90 valence electrons. The molecule has 7 heteroatoms. The number of rotatable bonds is 2. The van der Waals surface area contributed by atoms with Crippen LogP contribution in [0.4, 0.5) is 13.2 Å². The van der Waals surface area contributed by atoms with E-state index in [1.165, 1.54) is 7.11 Å². The maximum absolute atomic E-state index is 12.2. The number of methoxy groups -OCH3 is 1. The lowest BCUT2D eigenvalue weighted by atomic mass is 10.1. The largest absolute Gasteiger partial charge is 0.495 e. The van der Waals surface area contributed by atoms with Gasteiger partial charge >= 0.3 is 6.18 Å². The number of benzene rings is 1. The number of aliphatic hydroxyl groups excluding tert-OH is 1. The van der Waals surface area contributed by atoms with Gasteiger partial charge in [0, 0.05) is 11.6 Å². The number of halogens is 5. The van der Waals surface area contributed by atoms with Crippen LogP contribution in [0.5, 0.6) is 5.75 Å². The highest BCUT2D eigenvalue weighted by Crippen LogP contribution is 2.40. The molecule has 0 aliphatic rings. The van der Waals surface area contributed by atoms with Gasteiger partial charge < -0.3 is 9.84 Å². The van der Waals surface area contributed by atoms with Crippen molar-refractivity contribution in [2.24, 2.45) is 0 Å². The van der Waals surface area contributed by atoms with Crippen molar-refractivity contribution in [2.45, 2.75) is 12.3 Å². The summed E-state index contributed by atoms with van der Waals surface area (Å²) in [6.07, 6.45) is -7.45. The Morgan fingerprint density at radius 3 is 2.25 bits per heavy atom. The van der Waals surface area contributed by atoms with Crippen molar-refractivity contribution < 1.29 is 23.0 Å². The molecule has 1 unspecified atom stereocenters. The summed E-state index contributed by atoms with van der Waals surface area (Å²) < 4.78 is 41.5. The molecule has 0 saturated heterocycles. The van der Waals surface area contributed by atoms with Gasteiger partial charge in [0.2, 0.25) is 0 Å². The van der Waals surface area contributed by atoms with Crippen molar-refractivity contribution in [2.75, 3.05) is 7.11 Å². The van der Waals surface area contributed by atoms with E-state index in [0.29, 0.717) is 0 Å². The summed E-state index contributed by atoms with van der Waals surface area (Å²) >= 11 is 11.2. The third-order valence-corrected chi connectivity index (χ3v) is 2.50. The van der Waals surface area contributed by atoms with Crippen molar-refractivity contribution in [1.29, 1.82) is 0 Å². The summed E-state index contributed by atoms with van der Waals surface area (Å²) in [5.74, 6) is 0.143. The highest BCUT2D eigenvalue weighted by Gasteiger charge is 2.40. The zero-order valence-corrected chi connectivity index (χ0v) is 9.49. The standard InChI is InChI=1S/C9H7Cl2F3O2/c1-16-7-3-5(10)4(2-6(7)11)8(15)9(12,13)14/h2-3,8,15H,1H3. The minimum Gasteiger partial charge on any atom is -0.495 e. The molecule has 0 aromatic heterocycles. The smallest absolute Gasteiger partial charge is 0.418 e. The second-order valence-electron chi connectivity index (χ2n) is 2.95. The molecule has 0 radical (unpaired) electrons. The third-order valence-electron chi connectivity index (χ3n) is 1.88. The minimum absolute atomic E-state index is 0.0507. The molecule has 0 fully saturated rings. The van der Waals surface area contributed by atoms with Gasteiger partial charge in [-0.1, -0.05) is 23.2 Å². The van der Waals surface area contributed by atoms with Crippen LogP contribution in [-0.4, -0.2) is 18.4 Å². The van der Waals surface area contributed by atoms with Crippen LogP contribution in [0.25, 0.3) is 0 Å². The minimum atomic E-state index is -4.79. The van der Waals surface area contributed by atoms with Gasteiger partial charge in [-0.2, -0.15) is 13.2 Å². The first-order valence-corrected chi connectivity index (χ1v) is 4.80. The van der Waals surface area contributed by atoms with Gasteiger partial charge in [-0.05, 0) is 6.07 Å². The van der Waals surface area contributed by atoms with Crippen molar-refractivity contribution in [3.63, 3.8) is 0 Å². The highest BCUT2D eigenvalue weighted by molar-refractivity contribution is 6.34. The summed E-state index contributed by atoms with van der Waals surface area (Å²) in [5, 5.41) is 8.71. The van der Waals surface area contributed by atoms with E-state index < -0.39 is 17.8 Å². The second-order valence-corrected chi connectivity index (χ2v) is 3.77.